The summed E-state index contributed by atoms with van der Waals surface area (Å²) in [6.07, 6.45) is 1.66. The van der Waals surface area contributed by atoms with Gasteiger partial charge in [-0.1, -0.05) is 58.6 Å². The van der Waals surface area contributed by atoms with Crippen LogP contribution in [0.3, 0.4) is 0 Å². The molecular formula is C24H25Cl2N3OS. The minimum absolute atomic E-state index is 0.127. The number of carbonyl (C=O) groups is 1. The molecule has 0 bridgehead atoms. The summed E-state index contributed by atoms with van der Waals surface area (Å²) >= 11 is 14.1. The van der Waals surface area contributed by atoms with Crippen LogP contribution in [0.25, 0.3) is 5.69 Å². The van der Waals surface area contributed by atoms with Crippen molar-refractivity contribution in [2.24, 2.45) is 5.10 Å². The maximum atomic E-state index is 12.1. The van der Waals surface area contributed by atoms with Crippen LogP contribution in [0.2, 0.25) is 10.0 Å². The second kappa shape index (κ2) is 10.4. The van der Waals surface area contributed by atoms with Gasteiger partial charge in [0.1, 0.15) is 0 Å². The number of thioether (sulfide) groups is 1. The highest BCUT2D eigenvalue weighted by Gasteiger charge is 2.13. The summed E-state index contributed by atoms with van der Waals surface area (Å²) in [5, 5.41) is 5.14. The Kier molecular flexibility index (Phi) is 7.87. The molecule has 0 unspecified atom stereocenters. The van der Waals surface area contributed by atoms with E-state index in [2.05, 4.69) is 42.6 Å². The number of aromatic nitrogens is 1. The van der Waals surface area contributed by atoms with Gasteiger partial charge < -0.3 is 4.57 Å². The number of nitrogens with zero attached hydrogens (tertiary/aromatic N) is 2. The van der Waals surface area contributed by atoms with Crippen LogP contribution in [0, 0.1) is 27.7 Å². The molecular weight excluding hydrogens is 449 g/mol. The van der Waals surface area contributed by atoms with E-state index in [-0.39, 0.29) is 5.91 Å². The Hall–Kier alpha value is -2.21. The van der Waals surface area contributed by atoms with E-state index in [1.807, 2.05) is 36.6 Å². The fraction of sp³-hybridized carbons (Fsp3) is 0.250. The van der Waals surface area contributed by atoms with Gasteiger partial charge in [-0.25, -0.2) is 5.43 Å². The average molecular weight is 474 g/mol. The van der Waals surface area contributed by atoms with Gasteiger partial charge in [0.05, 0.1) is 27.7 Å². The van der Waals surface area contributed by atoms with Crippen LogP contribution in [-0.2, 0) is 10.5 Å². The van der Waals surface area contributed by atoms with Gasteiger partial charge in [0.2, 0.25) is 5.91 Å². The number of carbonyl (C=O) groups excluding carboxylic acids is 1. The number of aryl methyl sites for hydroxylation is 3. The Morgan fingerprint density at radius 1 is 1.10 bits per heavy atom. The lowest BCUT2D eigenvalue weighted by molar-refractivity contribution is -0.118. The highest BCUT2D eigenvalue weighted by Crippen LogP contribution is 2.31. The molecule has 0 saturated carbocycles. The van der Waals surface area contributed by atoms with Crippen LogP contribution < -0.4 is 5.43 Å². The molecule has 31 heavy (non-hydrogen) atoms. The van der Waals surface area contributed by atoms with E-state index < -0.39 is 0 Å². The molecule has 3 aromatic rings. The molecule has 0 aliphatic heterocycles. The lowest BCUT2D eigenvalue weighted by Crippen LogP contribution is -2.19. The first-order valence-corrected chi connectivity index (χ1v) is 11.8. The normalized spacial score (nSPS) is 11.3. The summed E-state index contributed by atoms with van der Waals surface area (Å²) in [7, 11) is 0. The molecule has 0 atom stereocenters. The number of amides is 1. The van der Waals surface area contributed by atoms with Crippen LogP contribution in [-0.4, -0.2) is 22.4 Å². The molecule has 1 heterocycles. The van der Waals surface area contributed by atoms with Gasteiger partial charge in [0, 0.05) is 22.7 Å². The summed E-state index contributed by atoms with van der Waals surface area (Å²) in [6, 6.07) is 14.0. The van der Waals surface area contributed by atoms with Gasteiger partial charge in [0.15, 0.2) is 0 Å². The molecule has 1 aromatic heterocycles. The Morgan fingerprint density at radius 2 is 1.81 bits per heavy atom. The second-order valence-electron chi connectivity index (χ2n) is 7.52. The number of benzene rings is 2. The Morgan fingerprint density at radius 3 is 2.52 bits per heavy atom. The first kappa shape index (κ1) is 23.5. The van der Waals surface area contributed by atoms with Crippen molar-refractivity contribution in [3.8, 4) is 5.69 Å². The van der Waals surface area contributed by atoms with Crippen molar-refractivity contribution >= 4 is 47.1 Å². The van der Waals surface area contributed by atoms with E-state index >= 15 is 0 Å². The number of nitrogens with one attached hydrogen (secondary N) is 1. The Labute approximate surface area is 197 Å². The average Bonchev–Trinajstić information content (AvgIpc) is 2.97. The predicted molar refractivity (Wildman–Crippen MR) is 133 cm³/mol. The maximum Gasteiger partial charge on any atom is 0.250 e. The van der Waals surface area contributed by atoms with Crippen molar-refractivity contribution in [1.29, 1.82) is 0 Å². The first-order valence-electron chi connectivity index (χ1n) is 9.86. The Bertz CT molecular complexity index is 1120. The molecule has 0 aliphatic rings. The van der Waals surface area contributed by atoms with Crippen molar-refractivity contribution in [2.75, 3.05) is 5.75 Å². The van der Waals surface area contributed by atoms with E-state index in [4.69, 9.17) is 23.2 Å². The van der Waals surface area contributed by atoms with Crippen molar-refractivity contribution in [3.05, 3.63) is 86.2 Å². The molecule has 4 nitrogen and oxygen atoms in total. The molecule has 162 valence electrons. The number of hydrazone groups is 1. The summed E-state index contributed by atoms with van der Waals surface area (Å²) < 4.78 is 2.02. The lowest BCUT2D eigenvalue weighted by Gasteiger charge is -2.12. The molecule has 7 heteroatoms. The first-order chi connectivity index (χ1) is 14.8. The number of rotatable bonds is 7. The van der Waals surface area contributed by atoms with Gasteiger partial charge in [0.25, 0.3) is 0 Å². The van der Waals surface area contributed by atoms with E-state index in [0.29, 0.717) is 15.8 Å². The quantitative estimate of drug-likeness (QED) is 0.318. The van der Waals surface area contributed by atoms with Crippen LogP contribution in [0.15, 0.2) is 47.6 Å². The zero-order chi connectivity index (χ0) is 22.5. The standard InChI is InChI=1S/C24H25Cl2N3OS/c1-15-8-16(2)10-19(9-15)13-31-14-23(30)28-27-12-20-11-17(3)29(18(20)4)22-7-5-6-21(25)24(22)26/h5-12H,13-14H2,1-4H3,(H,28,30)/b27-12-. The fourth-order valence-corrected chi connectivity index (χ4v) is 4.71. The topological polar surface area (TPSA) is 46.4 Å². The fourth-order valence-electron chi connectivity index (χ4n) is 3.57. The Balaban J connectivity index is 1.59. The summed E-state index contributed by atoms with van der Waals surface area (Å²) in [6.45, 7) is 8.14. The number of halogens is 2. The van der Waals surface area contributed by atoms with Gasteiger partial charge in [-0.3, -0.25) is 4.79 Å². The molecule has 0 spiro atoms. The summed E-state index contributed by atoms with van der Waals surface area (Å²) in [5.74, 6) is 1.01. The third-order valence-electron chi connectivity index (χ3n) is 4.82. The molecule has 2 aromatic carbocycles. The zero-order valence-corrected chi connectivity index (χ0v) is 20.3. The van der Waals surface area contributed by atoms with Crippen LogP contribution >= 0.6 is 35.0 Å². The monoisotopic (exact) mass is 473 g/mol. The van der Waals surface area contributed by atoms with E-state index in [0.717, 1.165) is 28.4 Å². The lowest BCUT2D eigenvalue weighted by atomic mass is 10.1. The highest BCUT2D eigenvalue weighted by molar-refractivity contribution is 7.99. The van der Waals surface area contributed by atoms with Gasteiger partial charge in [-0.2, -0.15) is 5.10 Å². The maximum absolute atomic E-state index is 12.1. The molecule has 0 saturated heterocycles. The number of hydrogen-bond acceptors (Lipinski definition) is 3. The van der Waals surface area contributed by atoms with Crippen LogP contribution in [0.5, 0.6) is 0 Å². The van der Waals surface area contributed by atoms with Crippen LogP contribution in [0.4, 0.5) is 0 Å². The van der Waals surface area contributed by atoms with Gasteiger partial charge in [-0.05, 0) is 51.5 Å². The summed E-state index contributed by atoms with van der Waals surface area (Å²) in [5.41, 5.74) is 9.99. The second-order valence-corrected chi connectivity index (χ2v) is 9.29. The predicted octanol–water partition coefficient (Wildman–Crippen LogP) is 6.40. The van der Waals surface area contributed by atoms with Crippen LogP contribution in [0.1, 0.15) is 33.6 Å². The molecule has 1 N–H and O–H groups in total. The summed E-state index contributed by atoms with van der Waals surface area (Å²) in [4.78, 5) is 12.1. The molecule has 3 rings (SSSR count). The third kappa shape index (κ3) is 5.94. The van der Waals surface area contributed by atoms with Crippen molar-refractivity contribution in [1.82, 2.24) is 9.99 Å². The minimum Gasteiger partial charge on any atom is -0.316 e. The molecule has 0 aliphatic carbocycles. The van der Waals surface area contributed by atoms with Crippen molar-refractivity contribution < 1.29 is 4.79 Å². The van der Waals surface area contributed by atoms with E-state index in [9.17, 15) is 4.79 Å². The zero-order valence-electron chi connectivity index (χ0n) is 18.0. The minimum atomic E-state index is -0.127. The van der Waals surface area contributed by atoms with Gasteiger partial charge >= 0.3 is 0 Å². The molecule has 0 radical (unpaired) electrons. The highest BCUT2D eigenvalue weighted by atomic mass is 35.5. The van der Waals surface area contributed by atoms with Gasteiger partial charge in [-0.15, -0.1) is 11.8 Å². The SMILES string of the molecule is Cc1cc(C)cc(CSCC(=O)N/N=C\c2cc(C)n(-c3cccc(Cl)c3Cl)c2C)c1. The smallest absolute Gasteiger partial charge is 0.250 e. The van der Waals surface area contributed by atoms with Crippen molar-refractivity contribution in [3.63, 3.8) is 0 Å². The number of hydrogen-bond donors (Lipinski definition) is 1. The largest absolute Gasteiger partial charge is 0.316 e. The van der Waals surface area contributed by atoms with E-state index in [1.54, 1.807) is 24.0 Å². The third-order valence-corrected chi connectivity index (χ3v) is 6.63. The molecule has 0 fully saturated rings. The molecule has 1 amide bonds. The van der Waals surface area contributed by atoms with E-state index in [1.165, 1.54) is 16.7 Å². The van der Waals surface area contributed by atoms with Crippen molar-refractivity contribution in [2.45, 2.75) is 33.4 Å².